The summed E-state index contributed by atoms with van der Waals surface area (Å²) in [7, 11) is -3.43. The molecule has 37 heavy (non-hydrogen) atoms. The van der Waals surface area contributed by atoms with E-state index >= 15 is 0 Å². The van der Waals surface area contributed by atoms with E-state index in [2.05, 4.69) is 20.1 Å². The summed E-state index contributed by atoms with van der Waals surface area (Å²) in [4.78, 5) is 14.8. The summed E-state index contributed by atoms with van der Waals surface area (Å²) in [6.07, 6.45) is 12.2. The number of aryl methyl sites for hydroxylation is 1. The fourth-order valence-corrected chi connectivity index (χ4v) is 7.47. The van der Waals surface area contributed by atoms with Gasteiger partial charge in [0.15, 0.2) is 0 Å². The summed E-state index contributed by atoms with van der Waals surface area (Å²) in [6.45, 7) is 7.31. The summed E-state index contributed by atoms with van der Waals surface area (Å²) in [5.41, 5.74) is 1.07. The molecule has 3 aliphatic rings. The number of aromatic nitrogens is 2. The van der Waals surface area contributed by atoms with E-state index in [1.54, 1.807) is 16.4 Å². The van der Waals surface area contributed by atoms with Crippen molar-refractivity contribution in [2.24, 2.45) is 0 Å². The van der Waals surface area contributed by atoms with Gasteiger partial charge in [-0.15, -0.1) is 0 Å². The molecule has 3 aliphatic heterocycles. The summed E-state index contributed by atoms with van der Waals surface area (Å²) in [5, 5.41) is 3.65. The number of sulfonamides is 1. The van der Waals surface area contributed by atoms with E-state index in [0.717, 1.165) is 62.8 Å². The Morgan fingerprint density at radius 3 is 2.27 bits per heavy atom. The predicted octanol–water partition coefficient (Wildman–Crippen LogP) is 4.29. The molecule has 0 amide bonds. The van der Waals surface area contributed by atoms with Gasteiger partial charge in [-0.3, -0.25) is 4.90 Å². The number of rotatable bonds is 6. The van der Waals surface area contributed by atoms with Crippen molar-refractivity contribution in [3.05, 3.63) is 42.1 Å². The Morgan fingerprint density at radius 1 is 0.838 bits per heavy atom. The fraction of sp³-hybridized carbons (Fsp3) is 0.643. The molecule has 1 atom stereocenters. The lowest BCUT2D eigenvalue weighted by molar-refractivity contribution is 0.140. The zero-order chi connectivity index (χ0) is 25.7. The van der Waals surface area contributed by atoms with Gasteiger partial charge in [-0.1, -0.05) is 37.0 Å². The standard InChI is InChI=1S/C28H42N6O2S/c1-23-9-11-26(12-10-23)37(35,36)34-20-14-25(15-21-34)33-19-7-4-8-24(22-33)30-28-29-16-13-27(31-28)32-17-5-2-3-6-18-32/h9-13,16,24-25H,2-8,14-15,17-22H2,1H3,(H,29,30,31). The molecule has 4 heterocycles. The Kier molecular flexibility index (Phi) is 8.62. The summed E-state index contributed by atoms with van der Waals surface area (Å²) in [6, 6.07) is 9.95. The minimum atomic E-state index is -3.43. The average Bonchev–Trinajstić information content (AvgIpc) is 3.33. The van der Waals surface area contributed by atoms with Crippen molar-refractivity contribution in [3.8, 4) is 0 Å². The van der Waals surface area contributed by atoms with Crippen LogP contribution in [0.3, 0.4) is 0 Å². The largest absolute Gasteiger partial charge is 0.356 e. The maximum absolute atomic E-state index is 13.1. The quantitative estimate of drug-likeness (QED) is 0.602. The number of nitrogens with one attached hydrogen (secondary N) is 1. The molecule has 3 fully saturated rings. The van der Waals surface area contributed by atoms with Crippen LogP contribution < -0.4 is 10.2 Å². The first-order valence-corrected chi connectivity index (χ1v) is 15.6. The third-order valence-electron chi connectivity index (χ3n) is 8.21. The molecule has 0 spiro atoms. The molecule has 202 valence electrons. The van der Waals surface area contributed by atoms with Gasteiger partial charge in [0.05, 0.1) is 4.90 Å². The van der Waals surface area contributed by atoms with Crippen molar-refractivity contribution in [1.29, 1.82) is 0 Å². The second kappa shape index (κ2) is 12.1. The van der Waals surface area contributed by atoms with Crippen molar-refractivity contribution in [3.63, 3.8) is 0 Å². The maximum Gasteiger partial charge on any atom is 0.243 e. The lowest BCUT2D eigenvalue weighted by Gasteiger charge is -2.38. The minimum Gasteiger partial charge on any atom is -0.356 e. The minimum absolute atomic E-state index is 0.302. The monoisotopic (exact) mass is 526 g/mol. The highest BCUT2D eigenvalue weighted by Crippen LogP contribution is 2.26. The smallest absolute Gasteiger partial charge is 0.243 e. The van der Waals surface area contributed by atoms with E-state index in [0.29, 0.717) is 30.1 Å². The van der Waals surface area contributed by atoms with Gasteiger partial charge in [0.25, 0.3) is 0 Å². The molecule has 1 N–H and O–H groups in total. The molecule has 0 aliphatic carbocycles. The van der Waals surface area contributed by atoms with E-state index in [4.69, 9.17) is 4.98 Å². The lowest BCUT2D eigenvalue weighted by Crippen LogP contribution is -2.49. The molecule has 2 aromatic rings. The van der Waals surface area contributed by atoms with E-state index in [1.807, 2.05) is 31.3 Å². The summed E-state index contributed by atoms with van der Waals surface area (Å²) < 4.78 is 27.9. The molecular weight excluding hydrogens is 484 g/mol. The van der Waals surface area contributed by atoms with Gasteiger partial charge in [-0.05, 0) is 70.2 Å². The van der Waals surface area contributed by atoms with Crippen LogP contribution in [0, 0.1) is 6.92 Å². The molecule has 1 unspecified atom stereocenters. The Bertz CT molecular complexity index is 1110. The normalized spacial score (nSPS) is 23.4. The number of benzene rings is 1. The molecule has 1 aromatic carbocycles. The molecule has 0 bridgehead atoms. The van der Waals surface area contributed by atoms with Crippen LogP contribution in [0.15, 0.2) is 41.4 Å². The first-order valence-electron chi connectivity index (χ1n) is 14.1. The molecule has 3 saturated heterocycles. The fourth-order valence-electron chi connectivity index (χ4n) is 6.00. The van der Waals surface area contributed by atoms with Crippen molar-refractivity contribution in [2.75, 3.05) is 49.5 Å². The Morgan fingerprint density at radius 2 is 1.54 bits per heavy atom. The number of hydrogen-bond acceptors (Lipinski definition) is 7. The van der Waals surface area contributed by atoms with Gasteiger partial charge in [-0.2, -0.15) is 9.29 Å². The van der Waals surface area contributed by atoms with E-state index < -0.39 is 10.0 Å². The van der Waals surface area contributed by atoms with Crippen molar-refractivity contribution in [2.45, 2.75) is 81.7 Å². The molecule has 0 radical (unpaired) electrons. The highest BCUT2D eigenvalue weighted by molar-refractivity contribution is 7.89. The van der Waals surface area contributed by atoms with Gasteiger partial charge >= 0.3 is 0 Å². The SMILES string of the molecule is Cc1ccc(S(=O)(=O)N2CCC(N3CCCCC(Nc4nccc(N5CCCCCC5)n4)C3)CC2)cc1. The van der Waals surface area contributed by atoms with E-state index in [9.17, 15) is 8.42 Å². The van der Waals surface area contributed by atoms with Gasteiger partial charge in [0.1, 0.15) is 5.82 Å². The molecule has 1 aromatic heterocycles. The summed E-state index contributed by atoms with van der Waals surface area (Å²) in [5.74, 6) is 1.76. The van der Waals surface area contributed by atoms with Gasteiger partial charge in [0, 0.05) is 51.0 Å². The molecule has 0 saturated carbocycles. The highest BCUT2D eigenvalue weighted by atomic mass is 32.2. The van der Waals surface area contributed by atoms with Gasteiger partial charge < -0.3 is 10.2 Å². The van der Waals surface area contributed by atoms with E-state index in [1.165, 1.54) is 38.5 Å². The Hall–Kier alpha value is -2.23. The van der Waals surface area contributed by atoms with Crippen LogP contribution >= 0.6 is 0 Å². The number of nitrogens with zero attached hydrogens (tertiary/aromatic N) is 5. The van der Waals surface area contributed by atoms with Gasteiger partial charge in [0.2, 0.25) is 16.0 Å². The van der Waals surface area contributed by atoms with Crippen LogP contribution in [0.1, 0.15) is 63.4 Å². The Labute approximate surface area is 222 Å². The van der Waals surface area contributed by atoms with Crippen LogP contribution in [0.2, 0.25) is 0 Å². The third kappa shape index (κ3) is 6.62. The summed E-state index contributed by atoms with van der Waals surface area (Å²) >= 11 is 0. The van der Waals surface area contributed by atoms with Crippen LogP contribution in [-0.4, -0.2) is 78.9 Å². The first kappa shape index (κ1) is 26.4. The van der Waals surface area contributed by atoms with Crippen molar-refractivity contribution < 1.29 is 8.42 Å². The first-order chi connectivity index (χ1) is 18.0. The van der Waals surface area contributed by atoms with Crippen LogP contribution in [-0.2, 0) is 10.0 Å². The molecule has 5 rings (SSSR count). The molecule has 8 nitrogen and oxygen atoms in total. The topological polar surface area (TPSA) is 81.7 Å². The maximum atomic E-state index is 13.1. The van der Waals surface area contributed by atoms with Crippen molar-refractivity contribution in [1.82, 2.24) is 19.2 Å². The lowest BCUT2D eigenvalue weighted by atomic mass is 10.0. The van der Waals surface area contributed by atoms with Gasteiger partial charge in [-0.25, -0.2) is 13.4 Å². The number of anilines is 2. The highest BCUT2D eigenvalue weighted by Gasteiger charge is 2.33. The van der Waals surface area contributed by atoms with E-state index in [-0.39, 0.29) is 0 Å². The van der Waals surface area contributed by atoms with Crippen LogP contribution in [0.5, 0.6) is 0 Å². The predicted molar refractivity (Wildman–Crippen MR) is 149 cm³/mol. The Balaban J connectivity index is 1.18. The zero-order valence-electron chi connectivity index (χ0n) is 22.2. The second-order valence-electron chi connectivity index (χ2n) is 10.9. The average molecular weight is 527 g/mol. The van der Waals surface area contributed by atoms with Crippen molar-refractivity contribution >= 4 is 21.8 Å². The van der Waals surface area contributed by atoms with Crippen LogP contribution in [0.25, 0.3) is 0 Å². The number of likely N-dealkylation sites (tertiary alicyclic amines) is 1. The molecule has 9 heteroatoms. The third-order valence-corrected chi connectivity index (χ3v) is 10.1. The molecular formula is C28H42N6O2S. The number of hydrogen-bond donors (Lipinski definition) is 1. The second-order valence-corrected chi connectivity index (χ2v) is 12.9. The number of piperidine rings is 1. The van der Waals surface area contributed by atoms with Crippen LogP contribution in [0.4, 0.5) is 11.8 Å². The zero-order valence-corrected chi connectivity index (χ0v) is 23.0.